The maximum Gasteiger partial charge on any atom is 0.762 e. The molecular weight excluding hydrogens is 516 g/mol. The third-order valence-corrected chi connectivity index (χ3v) is 15.0. The molecule has 179 valence electrons. The fourth-order valence-corrected chi connectivity index (χ4v) is 13.2. The Labute approximate surface area is 198 Å². The molecule has 1 aliphatic carbocycles. The molecule has 0 bridgehead atoms. The van der Waals surface area contributed by atoms with Gasteiger partial charge in [0.05, 0.1) is 35.0 Å². The predicted molar refractivity (Wildman–Crippen MR) is 129 cm³/mol. The van der Waals surface area contributed by atoms with Crippen LogP contribution >= 0.6 is 15.8 Å². The number of rotatable bonds is 3. The van der Waals surface area contributed by atoms with Gasteiger partial charge in [-0.3, -0.25) is 12.9 Å². The van der Waals surface area contributed by atoms with E-state index in [4.69, 9.17) is 0 Å². The van der Waals surface area contributed by atoms with E-state index in [0.717, 1.165) is 22.6 Å². The Bertz CT molecular complexity index is 396. The summed E-state index contributed by atoms with van der Waals surface area (Å²) in [4.78, 5) is 0. The minimum atomic E-state index is -3.67. The van der Waals surface area contributed by atoms with E-state index in [1.165, 1.54) is 25.7 Å². The van der Waals surface area contributed by atoms with Crippen molar-refractivity contribution in [3.05, 3.63) is 24.3 Å². The van der Waals surface area contributed by atoms with Crippen molar-refractivity contribution in [3.8, 4) is 0 Å². The molecule has 0 nitrogen and oxygen atoms in total. The van der Waals surface area contributed by atoms with E-state index in [1.54, 1.807) is 38.0 Å². The number of halogens is 4. The molecule has 2 saturated heterocycles. The van der Waals surface area contributed by atoms with Crippen LogP contribution in [0.4, 0.5) is 12.9 Å². The Kier molecular flexibility index (Phi) is 21.1. The average molecular weight is 558 g/mol. The molecule has 8 heteroatoms. The smallest absolute Gasteiger partial charge is 0.762 e. The van der Waals surface area contributed by atoms with Crippen LogP contribution in [-0.2, 0) is 19.5 Å². The first-order valence-corrected chi connectivity index (χ1v) is 15.0. The van der Waals surface area contributed by atoms with Gasteiger partial charge in [-0.05, 0) is 79.1 Å². The summed E-state index contributed by atoms with van der Waals surface area (Å²) in [5, 5.41) is 0. The van der Waals surface area contributed by atoms with E-state index in [2.05, 4.69) is 52.0 Å². The van der Waals surface area contributed by atoms with E-state index in [9.17, 15) is 12.9 Å². The van der Waals surface area contributed by atoms with Gasteiger partial charge in [0.2, 0.25) is 0 Å². The minimum absolute atomic E-state index is 0. The second-order valence-electron chi connectivity index (χ2n) is 8.75. The van der Waals surface area contributed by atoms with Crippen molar-refractivity contribution in [1.82, 2.24) is 0 Å². The third kappa shape index (κ3) is 14.0. The van der Waals surface area contributed by atoms with Crippen molar-refractivity contribution in [2.75, 3.05) is 12.3 Å². The molecule has 3 aliphatic rings. The summed E-state index contributed by atoms with van der Waals surface area (Å²) < 4.78 is 29.0. The summed E-state index contributed by atoms with van der Waals surface area (Å²) >= 11 is 0. The summed E-state index contributed by atoms with van der Waals surface area (Å²) in [6.45, 7) is 10.2. The first-order chi connectivity index (χ1) is 13.3. The van der Waals surface area contributed by atoms with Crippen LogP contribution in [0.5, 0.6) is 0 Å². The van der Waals surface area contributed by atoms with E-state index in [1.807, 2.05) is 0 Å². The zero-order valence-electron chi connectivity index (χ0n) is 19.1. The van der Waals surface area contributed by atoms with Gasteiger partial charge >= 0.3 is 7.54 Å². The maximum absolute atomic E-state index is 9.67. The standard InChI is InChI=1S/C14H28P2.C8H12.BF3.FH.Rh/c1-11-5-6-12(2)15(11)9-10-16-13(3)7-8-14(16)4;1-2-4-6-8-7-5-3-1;2-1(3)4;;/h11-14H,5-10H2,1-4H3;1-2,7-8H,3-6H2;;1H;/p+1/b;2-1-,8-7-;;;/t11-,12-,13-,14-;;;;/m0..../s1. The van der Waals surface area contributed by atoms with Crippen LogP contribution in [0, 0.1) is 0 Å². The molecule has 2 aliphatic heterocycles. The molecule has 0 N–H and O–H groups in total. The van der Waals surface area contributed by atoms with Crippen LogP contribution in [0.2, 0.25) is 0 Å². The quantitative estimate of drug-likeness (QED) is 0.196. The van der Waals surface area contributed by atoms with E-state index in [-0.39, 0.29) is 40.0 Å². The molecule has 0 spiro atoms. The zero-order chi connectivity index (χ0) is 20.9. The minimum Gasteiger partial charge on any atom is -1.00 e. The molecule has 0 aromatic rings. The molecule has 0 aromatic carbocycles. The summed E-state index contributed by atoms with van der Waals surface area (Å²) in [6, 6.07) is 0. The van der Waals surface area contributed by atoms with Crippen LogP contribution in [-0.4, -0.2) is 42.5 Å². The second kappa shape index (κ2) is 19.2. The van der Waals surface area contributed by atoms with Crippen molar-refractivity contribution in [2.24, 2.45) is 0 Å². The molecule has 4 atom stereocenters. The Morgan fingerprint density at radius 1 is 0.633 bits per heavy atom. The first kappa shape index (κ1) is 32.9. The third-order valence-electron chi connectivity index (χ3n) is 6.63. The molecule has 0 unspecified atom stereocenters. The van der Waals surface area contributed by atoms with Gasteiger partial charge in [0.15, 0.2) is 0 Å². The van der Waals surface area contributed by atoms with Gasteiger partial charge < -0.3 is 4.70 Å². The van der Waals surface area contributed by atoms with Crippen molar-refractivity contribution < 1.29 is 37.1 Å². The van der Waals surface area contributed by atoms with Gasteiger partial charge in [-0.15, -0.1) is 0 Å². The fraction of sp³-hybridized carbons (Fsp3) is 0.818. The van der Waals surface area contributed by atoms with Gasteiger partial charge in [0, 0.05) is 35.3 Å². The zero-order valence-corrected chi connectivity index (χ0v) is 22.8. The molecular formula is C22H42BF4P2Rh+. The second-order valence-corrected chi connectivity index (χ2v) is 16.0. The predicted octanol–water partition coefficient (Wildman–Crippen LogP) is 5.11. The summed E-state index contributed by atoms with van der Waals surface area (Å²) in [7, 11) is -3.62. The molecule has 2 fully saturated rings. The Balaban J connectivity index is 0. The van der Waals surface area contributed by atoms with Gasteiger partial charge in [-0.1, -0.05) is 24.3 Å². The Hall–Kier alpha value is 0.748. The van der Waals surface area contributed by atoms with Crippen LogP contribution in [0.3, 0.4) is 0 Å². The topological polar surface area (TPSA) is 0 Å². The van der Waals surface area contributed by atoms with Crippen LogP contribution in [0.1, 0.15) is 79.1 Å². The van der Waals surface area contributed by atoms with Crippen LogP contribution in [0.15, 0.2) is 24.3 Å². The summed E-state index contributed by atoms with van der Waals surface area (Å²) in [5.41, 5.74) is 4.48. The molecule has 2 heterocycles. The van der Waals surface area contributed by atoms with E-state index in [0.29, 0.717) is 0 Å². The van der Waals surface area contributed by atoms with Crippen molar-refractivity contribution >= 4 is 23.4 Å². The normalized spacial score (nSPS) is 30.8. The van der Waals surface area contributed by atoms with Gasteiger partial charge in [-0.25, -0.2) is 0 Å². The van der Waals surface area contributed by atoms with E-state index < -0.39 is 7.54 Å². The van der Waals surface area contributed by atoms with Crippen molar-refractivity contribution in [1.29, 1.82) is 0 Å². The molecule has 3 rings (SSSR count). The molecule has 0 amide bonds. The SMILES string of the molecule is C1=C\CC/C=C\CC/1.C[C@H]1CC[C@H](C)[PH+]1CC[PH+]1[C@@H](C)CC[C@@H]1C.FB(F)F.[F-].[Rh]. The van der Waals surface area contributed by atoms with Gasteiger partial charge in [0.1, 0.15) is 0 Å². The Morgan fingerprint density at radius 3 is 1.03 bits per heavy atom. The summed E-state index contributed by atoms with van der Waals surface area (Å²) in [5.74, 6) is 0. The van der Waals surface area contributed by atoms with Gasteiger partial charge in [0.25, 0.3) is 0 Å². The molecule has 1 radical (unpaired) electrons. The fourth-order valence-electron chi connectivity index (χ4n) is 4.84. The number of hydrogen-bond donors (Lipinski definition) is 0. The first-order valence-electron chi connectivity index (χ1n) is 11.3. The molecule has 30 heavy (non-hydrogen) atoms. The van der Waals surface area contributed by atoms with Crippen LogP contribution < -0.4 is 4.70 Å². The number of allylic oxidation sites excluding steroid dienone is 4. The van der Waals surface area contributed by atoms with Crippen molar-refractivity contribution in [3.63, 3.8) is 0 Å². The van der Waals surface area contributed by atoms with Crippen molar-refractivity contribution in [2.45, 2.75) is 102 Å². The average Bonchev–Trinajstić information content (AvgIpc) is 3.07. The molecule has 0 saturated carbocycles. The summed E-state index contributed by atoms with van der Waals surface area (Å²) in [6.07, 6.45) is 23.5. The maximum atomic E-state index is 9.67. The van der Waals surface area contributed by atoms with E-state index >= 15 is 0 Å². The largest absolute Gasteiger partial charge is 1.00 e. The Morgan fingerprint density at radius 2 is 0.833 bits per heavy atom. The number of hydrogen-bond acceptors (Lipinski definition) is 0. The van der Waals surface area contributed by atoms with Crippen LogP contribution in [0.25, 0.3) is 0 Å². The monoisotopic (exact) mass is 558 g/mol. The van der Waals surface area contributed by atoms with Gasteiger partial charge in [-0.2, -0.15) is 0 Å². The molecule has 0 aromatic heterocycles.